The van der Waals surface area contributed by atoms with Gasteiger partial charge in [-0.3, -0.25) is 14.5 Å². The number of pyridine rings is 2. The zero-order valence-corrected chi connectivity index (χ0v) is 19.0. The van der Waals surface area contributed by atoms with Crippen LogP contribution in [0.3, 0.4) is 0 Å². The van der Waals surface area contributed by atoms with E-state index < -0.39 is 21.8 Å². The molecule has 0 spiro atoms. The highest BCUT2D eigenvalue weighted by molar-refractivity contribution is 7.90. The first-order chi connectivity index (χ1) is 16.2. The van der Waals surface area contributed by atoms with Crippen molar-refractivity contribution in [2.45, 2.75) is 6.92 Å². The lowest BCUT2D eigenvalue weighted by Gasteiger charge is -2.17. The van der Waals surface area contributed by atoms with Crippen molar-refractivity contribution in [3.05, 3.63) is 77.6 Å². The maximum absolute atomic E-state index is 15.2. The van der Waals surface area contributed by atoms with Gasteiger partial charge in [-0.25, -0.2) is 9.37 Å². The Morgan fingerprint density at radius 2 is 1.97 bits per heavy atom. The Morgan fingerprint density at radius 1 is 1.21 bits per heavy atom. The van der Waals surface area contributed by atoms with Crippen LogP contribution in [0.5, 0.6) is 0 Å². The molecule has 0 bridgehead atoms. The first-order valence-corrected chi connectivity index (χ1v) is 11.6. The molecule has 0 aliphatic heterocycles. The second-order valence-corrected chi connectivity index (χ2v) is 9.19. The fraction of sp³-hybridized carbons (Fsp3) is 0.130. The highest BCUT2D eigenvalue weighted by Gasteiger charge is 2.23. The average Bonchev–Trinajstić information content (AvgIpc) is 3.27. The topological polar surface area (TPSA) is 132 Å². The highest BCUT2D eigenvalue weighted by atomic mass is 32.2. The number of benzene rings is 1. The summed E-state index contributed by atoms with van der Waals surface area (Å²) < 4.78 is 43.0. The Bertz CT molecular complexity index is 1560. The van der Waals surface area contributed by atoms with Crippen molar-refractivity contribution in [2.75, 3.05) is 18.3 Å². The zero-order valence-electron chi connectivity index (χ0n) is 18.2. The molecule has 9 nitrogen and oxygen atoms in total. The molecule has 2 N–H and O–H groups in total. The molecule has 3 aromatic heterocycles. The Hall–Kier alpha value is -4.14. The molecular formula is C23H19FN6O3S. The predicted molar refractivity (Wildman–Crippen MR) is 125 cm³/mol. The number of ketones is 1. The third kappa shape index (κ3) is 4.24. The monoisotopic (exact) mass is 478 g/mol. The molecule has 1 aromatic carbocycles. The van der Waals surface area contributed by atoms with E-state index in [1.165, 1.54) is 37.6 Å². The third-order valence-corrected chi connectivity index (χ3v) is 6.87. The van der Waals surface area contributed by atoms with E-state index in [9.17, 15) is 13.2 Å². The van der Waals surface area contributed by atoms with Crippen LogP contribution in [0.4, 0.5) is 10.1 Å². The molecule has 3 heterocycles. The van der Waals surface area contributed by atoms with Crippen molar-refractivity contribution in [2.24, 2.45) is 0 Å². The number of aromatic nitrogens is 3. The number of H-pyrrole nitrogens is 1. The summed E-state index contributed by atoms with van der Waals surface area (Å²) in [7, 11) is -2.62. The first-order valence-electron chi connectivity index (χ1n) is 10.1. The van der Waals surface area contributed by atoms with E-state index in [1.807, 2.05) is 6.07 Å². The van der Waals surface area contributed by atoms with Crippen LogP contribution in [0.25, 0.3) is 22.2 Å². The summed E-state index contributed by atoms with van der Waals surface area (Å²) in [5.41, 5.74) is 1.59. The van der Waals surface area contributed by atoms with E-state index in [0.29, 0.717) is 27.7 Å². The van der Waals surface area contributed by atoms with Crippen LogP contribution in [0, 0.1) is 17.1 Å². The van der Waals surface area contributed by atoms with Gasteiger partial charge in [-0.05, 0) is 24.3 Å². The van der Waals surface area contributed by atoms with Crippen LogP contribution in [0.15, 0.2) is 55.1 Å². The first kappa shape index (κ1) is 23.0. The van der Waals surface area contributed by atoms with Gasteiger partial charge in [-0.2, -0.15) is 18.0 Å². The van der Waals surface area contributed by atoms with Crippen LogP contribution in [0.1, 0.15) is 28.4 Å². The third-order valence-electron chi connectivity index (χ3n) is 5.31. The number of hydrogen-bond donors (Lipinski definition) is 2. The van der Waals surface area contributed by atoms with Gasteiger partial charge in [0, 0.05) is 60.5 Å². The lowest BCUT2D eigenvalue weighted by Crippen LogP contribution is -2.32. The van der Waals surface area contributed by atoms with Gasteiger partial charge in [-0.15, -0.1) is 0 Å². The molecule has 0 aliphatic carbocycles. The van der Waals surface area contributed by atoms with Crippen LogP contribution in [-0.2, 0) is 10.2 Å². The Morgan fingerprint density at radius 3 is 2.71 bits per heavy atom. The molecular weight excluding hydrogens is 459 g/mol. The highest BCUT2D eigenvalue weighted by Crippen LogP contribution is 2.28. The van der Waals surface area contributed by atoms with Gasteiger partial charge < -0.3 is 4.98 Å². The molecule has 0 aliphatic rings. The lowest BCUT2D eigenvalue weighted by atomic mass is 10.0. The van der Waals surface area contributed by atoms with Crippen molar-refractivity contribution in [1.29, 1.82) is 5.26 Å². The van der Waals surface area contributed by atoms with Crippen molar-refractivity contribution in [3.8, 4) is 17.2 Å². The molecule has 0 unspecified atom stereocenters. The molecule has 0 radical (unpaired) electrons. The van der Waals surface area contributed by atoms with Gasteiger partial charge in [0.05, 0.1) is 16.8 Å². The fourth-order valence-electron chi connectivity index (χ4n) is 3.33. The molecule has 34 heavy (non-hydrogen) atoms. The number of aromatic amines is 1. The molecule has 0 amide bonds. The molecule has 0 saturated heterocycles. The Labute approximate surface area is 195 Å². The number of carbonyl (C=O) groups excluding carboxylic acids is 1. The molecule has 11 heteroatoms. The molecule has 4 aromatic rings. The lowest BCUT2D eigenvalue weighted by molar-refractivity contribution is 0.103. The van der Waals surface area contributed by atoms with E-state index >= 15 is 4.39 Å². The molecule has 172 valence electrons. The summed E-state index contributed by atoms with van der Waals surface area (Å²) in [5, 5.41) is 9.56. The summed E-state index contributed by atoms with van der Waals surface area (Å²) in [4.78, 5) is 24.5. The van der Waals surface area contributed by atoms with E-state index in [2.05, 4.69) is 19.7 Å². The maximum atomic E-state index is 15.2. The van der Waals surface area contributed by atoms with Gasteiger partial charge in [0.15, 0.2) is 11.6 Å². The molecule has 0 saturated carbocycles. The number of anilines is 1. The number of halogens is 1. The van der Waals surface area contributed by atoms with E-state index in [0.717, 1.165) is 4.31 Å². The maximum Gasteiger partial charge on any atom is 0.301 e. The number of carbonyl (C=O) groups is 1. The van der Waals surface area contributed by atoms with Gasteiger partial charge in [0.25, 0.3) is 0 Å². The number of fused-ring (bicyclic) bond motifs is 1. The largest absolute Gasteiger partial charge is 0.345 e. The van der Waals surface area contributed by atoms with Crippen molar-refractivity contribution < 1.29 is 17.6 Å². The van der Waals surface area contributed by atoms with E-state index in [1.54, 1.807) is 31.5 Å². The van der Waals surface area contributed by atoms with Gasteiger partial charge in [0.1, 0.15) is 11.7 Å². The number of rotatable bonds is 7. The van der Waals surface area contributed by atoms with Crippen LogP contribution < -0.4 is 4.72 Å². The number of nitriles is 1. The minimum absolute atomic E-state index is 0.165. The second kappa shape index (κ2) is 9.01. The fourth-order valence-corrected chi connectivity index (χ4v) is 4.26. The summed E-state index contributed by atoms with van der Waals surface area (Å²) in [6, 6.07) is 9.30. The number of nitrogens with zero attached hydrogens (tertiary/aromatic N) is 4. The molecule has 4 rings (SSSR count). The van der Waals surface area contributed by atoms with E-state index in [4.69, 9.17) is 5.26 Å². The van der Waals surface area contributed by atoms with Crippen molar-refractivity contribution in [3.63, 3.8) is 0 Å². The van der Waals surface area contributed by atoms with Gasteiger partial charge in [0.2, 0.25) is 0 Å². The van der Waals surface area contributed by atoms with Crippen LogP contribution in [0.2, 0.25) is 0 Å². The van der Waals surface area contributed by atoms with Crippen LogP contribution in [-0.4, -0.2) is 47.1 Å². The second-order valence-electron chi connectivity index (χ2n) is 7.41. The molecule has 0 fully saturated rings. The standard InChI is InChI=1S/C23H19FN6O3S/c1-3-30(2)34(32,33)29-20-6-4-5-17(21(20)24)22(31)19-13-28-23-18(19)8-16(12-27-23)15-7-14(9-25)10-26-11-15/h4-8,10-13,29H,3H2,1-2H3,(H,27,28). The summed E-state index contributed by atoms with van der Waals surface area (Å²) in [6.07, 6.45) is 6.00. The Balaban J connectivity index is 1.74. The summed E-state index contributed by atoms with van der Waals surface area (Å²) in [6.45, 7) is 1.83. The normalized spacial score (nSPS) is 11.5. The van der Waals surface area contributed by atoms with Crippen LogP contribution >= 0.6 is 0 Å². The predicted octanol–water partition coefficient (Wildman–Crippen LogP) is 3.48. The average molecular weight is 479 g/mol. The summed E-state index contributed by atoms with van der Waals surface area (Å²) >= 11 is 0. The Kier molecular flexibility index (Phi) is 6.10. The van der Waals surface area contributed by atoms with Crippen molar-refractivity contribution >= 4 is 32.7 Å². The number of hydrogen-bond acceptors (Lipinski definition) is 6. The molecule has 0 atom stereocenters. The minimum Gasteiger partial charge on any atom is -0.345 e. The quantitative estimate of drug-likeness (QED) is 0.391. The van der Waals surface area contributed by atoms with Gasteiger partial charge in [-0.1, -0.05) is 13.0 Å². The smallest absolute Gasteiger partial charge is 0.301 e. The SMILES string of the molecule is CCN(C)S(=O)(=O)Nc1cccc(C(=O)c2c[nH]c3ncc(-c4cncc(C#N)c4)cc23)c1F. The summed E-state index contributed by atoms with van der Waals surface area (Å²) in [5.74, 6) is -1.62. The van der Waals surface area contributed by atoms with Crippen molar-refractivity contribution in [1.82, 2.24) is 19.3 Å². The number of nitrogens with one attached hydrogen (secondary N) is 2. The zero-order chi connectivity index (χ0) is 24.5. The minimum atomic E-state index is -3.97. The van der Waals surface area contributed by atoms with Gasteiger partial charge >= 0.3 is 10.2 Å². The van der Waals surface area contributed by atoms with E-state index in [-0.39, 0.29) is 23.4 Å².